The van der Waals surface area contributed by atoms with Crippen LogP contribution in [0.25, 0.3) is 10.9 Å². The number of carboxylic acids is 1. The number of aromatic amines is 1. The Bertz CT molecular complexity index is 1580. The molecule has 0 unspecified atom stereocenters. The minimum absolute atomic E-state index is 0.0493. The summed E-state index contributed by atoms with van der Waals surface area (Å²) in [6, 6.07) is 13.1. The molecule has 4 atom stereocenters. The second-order valence-electron chi connectivity index (χ2n) is 13.5. The Morgan fingerprint density at radius 2 is 1.68 bits per heavy atom. The van der Waals surface area contributed by atoms with Gasteiger partial charge in [-0.15, -0.1) is 0 Å². The first-order chi connectivity index (χ1) is 22.2. The average Bonchev–Trinajstić information content (AvgIpc) is 3.39. The molecule has 0 bridgehead atoms. The van der Waals surface area contributed by atoms with Crippen molar-refractivity contribution in [3.8, 4) is 0 Å². The topological polar surface area (TPSA) is 170 Å². The number of rotatable bonds is 12. The van der Waals surface area contributed by atoms with E-state index in [0.29, 0.717) is 6.42 Å². The van der Waals surface area contributed by atoms with E-state index in [1.807, 2.05) is 68.4 Å². The van der Waals surface area contributed by atoms with E-state index in [-0.39, 0.29) is 25.3 Å². The second kappa shape index (κ2) is 15.1. The summed E-state index contributed by atoms with van der Waals surface area (Å²) in [5.41, 5.74) is 1.78. The molecular weight excluding hydrogens is 602 g/mol. The maximum Gasteiger partial charge on any atom is 0.408 e. The number of nitrogens with one attached hydrogen (secondary N) is 4. The molecule has 1 aliphatic rings. The number of carbonyl (C=O) groups excluding carboxylic acids is 4. The van der Waals surface area contributed by atoms with Crippen molar-refractivity contribution in [1.82, 2.24) is 25.8 Å². The van der Waals surface area contributed by atoms with E-state index in [4.69, 9.17) is 4.74 Å². The molecule has 0 radical (unpaired) electrons. The van der Waals surface area contributed by atoms with Crippen molar-refractivity contribution in [3.05, 3.63) is 71.9 Å². The standard InChI is InChI=1S/C35H45N5O7/c1-21(2)15-28(33(45)40-20-24(16-22-11-7-6-8-12-22)37-32(44)29(40)18-30(41)42)38-31(43)27(39-34(46)47-35(3,4)5)17-23-19-36-26-14-10-9-13-25(23)26/h6-14,19,21,24,27-29,36H,15-18,20H2,1-5H3,(H,37,44)(H,38,43)(H,39,46)(H,41,42)/t24-,27-,28-,29-/m0/s1. The van der Waals surface area contributed by atoms with Gasteiger partial charge >= 0.3 is 12.1 Å². The monoisotopic (exact) mass is 647 g/mol. The lowest BCUT2D eigenvalue weighted by Crippen LogP contribution is -2.65. The summed E-state index contributed by atoms with van der Waals surface area (Å²) in [6.07, 6.45) is 1.16. The van der Waals surface area contributed by atoms with Crippen LogP contribution in [0, 0.1) is 5.92 Å². The van der Waals surface area contributed by atoms with Crippen LogP contribution in [0.5, 0.6) is 0 Å². The summed E-state index contributed by atoms with van der Waals surface area (Å²) in [6.45, 7) is 9.00. The van der Waals surface area contributed by atoms with Crippen LogP contribution in [0.3, 0.4) is 0 Å². The number of H-pyrrole nitrogens is 1. The van der Waals surface area contributed by atoms with Gasteiger partial charge in [-0.05, 0) is 56.7 Å². The molecule has 0 spiro atoms. The van der Waals surface area contributed by atoms with Crippen molar-refractivity contribution < 1.29 is 33.8 Å². The molecule has 4 amide bonds. The SMILES string of the molecule is CC(C)C[C@H](NC(=O)[C@H](Cc1c[nH]c2ccccc12)NC(=O)OC(C)(C)C)C(=O)N1C[C@H](Cc2ccccc2)NC(=O)[C@@H]1CC(=O)O. The Labute approximate surface area is 274 Å². The fraction of sp³-hybridized carbons (Fsp3) is 0.457. The normalized spacial score (nSPS) is 17.9. The number of fused-ring (bicyclic) bond motifs is 1. The molecule has 0 saturated carbocycles. The number of para-hydroxylation sites is 1. The van der Waals surface area contributed by atoms with Crippen molar-refractivity contribution in [2.24, 2.45) is 5.92 Å². The molecule has 12 nitrogen and oxygen atoms in total. The number of ether oxygens (including phenoxy) is 1. The summed E-state index contributed by atoms with van der Waals surface area (Å²) in [5.74, 6) is -3.01. The maximum absolute atomic E-state index is 14.3. The van der Waals surface area contributed by atoms with E-state index in [1.54, 1.807) is 27.0 Å². The van der Waals surface area contributed by atoms with Crippen LogP contribution in [0.4, 0.5) is 4.79 Å². The minimum atomic E-state index is -1.25. The Kier molecular flexibility index (Phi) is 11.3. The number of aliphatic carboxylic acids is 1. The van der Waals surface area contributed by atoms with Gasteiger partial charge < -0.3 is 35.7 Å². The van der Waals surface area contributed by atoms with Crippen molar-refractivity contribution in [1.29, 1.82) is 0 Å². The van der Waals surface area contributed by atoms with Crippen LogP contribution < -0.4 is 16.0 Å². The third-order valence-electron chi connectivity index (χ3n) is 7.85. The number of amides is 4. The molecule has 5 N–H and O–H groups in total. The van der Waals surface area contributed by atoms with Gasteiger partial charge in [0.2, 0.25) is 17.7 Å². The Hall–Kier alpha value is -4.87. The molecule has 47 heavy (non-hydrogen) atoms. The highest BCUT2D eigenvalue weighted by atomic mass is 16.6. The molecule has 3 aromatic rings. The first-order valence-electron chi connectivity index (χ1n) is 15.9. The highest BCUT2D eigenvalue weighted by Gasteiger charge is 2.41. The molecule has 1 fully saturated rings. The van der Waals surface area contributed by atoms with Crippen LogP contribution in [-0.2, 0) is 36.8 Å². The third-order valence-corrected chi connectivity index (χ3v) is 7.85. The van der Waals surface area contributed by atoms with Crippen LogP contribution in [0.1, 0.15) is 58.6 Å². The largest absolute Gasteiger partial charge is 0.481 e. The number of carbonyl (C=O) groups is 5. The van der Waals surface area contributed by atoms with Crippen LogP contribution in [0.2, 0.25) is 0 Å². The fourth-order valence-electron chi connectivity index (χ4n) is 5.82. The molecule has 1 aliphatic heterocycles. The van der Waals surface area contributed by atoms with E-state index in [2.05, 4.69) is 20.9 Å². The molecule has 2 aromatic carbocycles. The van der Waals surface area contributed by atoms with Gasteiger partial charge in [-0.3, -0.25) is 19.2 Å². The molecule has 12 heteroatoms. The number of carboxylic acid groups (broad SMARTS) is 1. The summed E-state index contributed by atoms with van der Waals surface area (Å²) >= 11 is 0. The van der Waals surface area contributed by atoms with E-state index < -0.39 is 66.0 Å². The van der Waals surface area contributed by atoms with Gasteiger partial charge in [-0.2, -0.15) is 0 Å². The van der Waals surface area contributed by atoms with E-state index in [9.17, 15) is 29.1 Å². The van der Waals surface area contributed by atoms with Gasteiger partial charge in [0, 0.05) is 30.1 Å². The Balaban J connectivity index is 1.61. The van der Waals surface area contributed by atoms with Gasteiger partial charge in [0.15, 0.2) is 0 Å². The summed E-state index contributed by atoms with van der Waals surface area (Å²) in [4.78, 5) is 70.6. The Morgan fingerprint density at radius 1 is 1.00 bits per heavy atom. The van der Waals surface area contributed by atoms with Gasteiger partial charge in [-0.1, -0.05) is 62.4 Å². The Morgan fingerprint density at radius 3 is 2.34 bits per heavy atom. The highest BCUT2D eigenvalue weighted by molar-refractivity contribution is 5.96. The zero-order valence-electron chi connectivity index (χ0n) is 27.5. The van der Waals surface area contributed by atoms with Gasteiger partial charge in [-0.25, -0.2) is 4.79 Å². The van der Waals surface area contributed by atoms with E-state index >= 15 is 0 Å². The first-order valence-corrected chi connectivity index (χ1v) is 15.9. The van der Waals surface area contributed by atoms with E-state index in [1.165, 1.54) is 4.90 Å². The smallest absolute Gasteiger partial charge is 0.408 e. The number of hydrogen-bond acceptors (Lipinski definition) is 6. The minimum Gasteiger partial charge on any atom is -0.481 e. The van der Waals surface area contributed by atoms with Crippen LogP contribution in [0.15, 0.2) is 60.8 Å². The number of alkyl carbamates (subject to hydrolysis) is 1. The van der Waals surface area contributed by atoms with Crippen molar-refractivity contribution in [2.45, 2.75) is 90.1 Å². The van der Waals surface area contributed by atoms with Gasteiger partial charge in [0.25, 0.3) is 0 Å². The molecule has 1 aromatic heterocycles. The summed E-state index contributed by atoms with van der Waals surface area (Å²) in [7, 11) is 0. The van der Waals surface area contributed by atoms with Crippen molar-refractivity contribution in [2.75, 3.05) is 6.54 Å². The predicted octanol–water partition coefficient (Wildman–Crippen LogP) is 3.55. The average molecular weight is 648 g/mol. The first kappa shape index (κ1) is 35.0. The lowest BCUT2D eigenvalue weighted by molar-refractivity contribution is -0.152. The lowest BCUT2D eigenvalue weighted by Gasteiger charge is -2.41. The highest BCUT2D eigenvalue weighted by Crippen LogP contribution is 2.21. The van der Waals surface area contributed by atoms with Gasteiger partial charge in [0.1, 0.15) is 23.7 Å². The third kappa shape index (κ3) is 9.81. The summed E-state index contributed by atoms with van der Waals surface area (Å²) in [5, 5.41) is 18.9. The molecule has 0 aliphatic carbocycles. The fourth-order valence-corrected chi connectivity index (χ4v) is 5.82. The van der Waals surface area contributed by atoms with Crippen molar-refractivity contribution >= 4 is 40.7 Å². The van der Waals surface area contributed by atoms with Crippen molar-refractivity contribution in [3.63, 3.8) is 0 Å². The molecule has 252 valence electrons. The van der Waals surface area contributed by atoms with E-state index in [0.717, 1.165) is 22.0 Å². The second-order valence-corrected chi connectivity index (χ2v) is 13.5. The van der Waals surface area contributed by atoms with Crippen LogP contribution >= 0.6 is 0 Å². The molecule has 4 rings (SSSR count). The number of piperazine rings is 1. The maximum atomic E-state index is 14.3. The predicted molar refractivity (Wildman–Crippen MR) is 176 cm³/mol. The number of nitrogens with zero attached hydrogens (tertiary/aromatic N) is 1. The lowest BCUT2D eigenvalue weighted by atomic mass is 9.96. The molecule has 1 saturated heterocycles. The summed E-state index contributed by atoms with van der Waals surface area (Å²) < 4.78 is 5.45. The van der Waals surface area contributed by atoms with Crippen LogP contribution in [-0.4, -0.2) is 81.1 Å². The zero-order valence-corrected chi connectivity index (χ0v) is 27.5. The number of benzene rings is 2. The number of hydrogen-bond donors (Lipinski definition) is 5. The quantitative estimate of drug-likeness (QED) is 0.200. The molecule has 2 heterocycles. The van der Waals surface area contributed by atoms with Gasteiger partial charge in [0.05, 0.1) is 12.5 Å². The molecular formula is C35H45N5O7. The zero-order chi connectivity index (χ0) is 34.3. The number of aromatic nitrogens is 1.